The van der Waals surface area contributed by atoms with Crippen LogP contribution in [0, 0.1) is 5.92 Å². The molecule has 0 saturated heterocycles. The highest BCUT2D eigenvalue weighted by Gasteiger charge is 2.51. The summed E-state index contributed by atoms with van der Waals surface area (Å²) in [7, 11) is -6.57. The molecule has 1 aliphatic carbocycles. The van der Waals surface area contributed by atoms with Crippen molar-refractivity contribution >= 4 is 29.5 Å². The first-order valence-electron chi connectivity index (χ1n) is 10.5. The Labute approximate surface area is 187 Å². The van der Waals surface area contributed by atoms with Gasteiger partial charge in [0.05, 0.1) is 21.2 Å². The molecule has 1 amide bonds. The molecule has 1 aromatic carbocycles. The molecular formula is C21H28F3NO5SSi. The van der Waals surface area contributed by atoms with Gasteiger partial charge in [0.1, 0.15) is 5.76 Å². The molecule has 0 radical (unpaired) electrons. The number of amides is 1. The number of ether oxygens (including phenoxy) is 1. The van der Waals surface area contributed by atoms with Crippen molar-refractivity contribution in [2.75, 3.05) is 13.7 Å². The minimum absolute atomic E-state index is 0.0375. The van der Waals surface area contributed by atoms with Gasteiger partial charge >= 0.3 is 21.7 Å². The molecule has 0 N–H and O–H groups in total. The number of rotatable bonds is 5. The molecule has 1 fully saturated rings. The zero-order valence-corrected chi connectivity index (χ0v) is 20.1. The van der Waals surface area contributed by atoms with Crippen molar-refractivity contribution in [2.24, 2.45) is 5.92 Å². The molecule has 11 heteroatoms. The van der Waals surface area contributed by atoms with Crippen molar-refractivity contribution in [1.29, 1.82) is 0 Å². The number of benzene rings is 1. The molecule has 0 unspecified atom stereocenters. The lowest BCUT2D eigenvalue weighted by molar-refractivity contribution is -0.0528. The Balaban J connectivity index is 2.03. The fourth-order valence-corrected chi connectivity index (χ4v) is 8.37. The maximum Gasteiger partial charge on any atom is 0.534 e. The second kappa shape index (κ2) is 9.09. The summed E-state index contributed by atoms with van der Waals surface area (Å²) in [4.78, 5) is 13.8. The minimum Gasteiger partial charge on any atom is -0.453 e. The highest BCUT2D eigenvalue weighted by Crippen LogP contribution is 2.44. The number of halogens is 3. The average molecular weight is 492 g/mol. The summed E-state index contributed by atoms with van der Waals surface area (Å²) < 4.78 is 72.3. The molecule has 2 atom stereocenters. The van der Waals surface area contributed by atoms with E-state index in [0.29, 0.717) is 24.5 Å². The van der Waals surface area contributed by atoms with Crippen LogP contribution >= 0.6 is 0 Å². The van der Waals surface area contributed by atoms with E-state index in [9.17, 15) is 26.4 Å². The number of hydrogen-bond donors (Lipinski definition) is 0. The van der Waals surface area contributed by atoms with E-state index in [1.54, 1.807) is 0 Å². The molecule has 1 heterocycles. The molecule has 6 nitrogen and oxygen atoms in total. The fraction of sp³-hybridized carbons (Fsp3) is 0.571. The van der Waals surface area contributed by atoms with Gasteiger partial charge in [-0.3, -0.25) is 0 Å². The Morgan fingerprint density at radius 3 is 2.44 bits per heavy atom. The molecule has 0 spiro atoms. The van der Waals surface area contributed by atoms with Crippen molar-refractivity contribution in [3.63, 3.8) is 0 Å². The number of carbonyl (C=O) groups excluding carboxylic acids is 1. The monoisotopic (exact) mass is 491 g/mol. The van der Waals surface area contributed by atoms with Gasteiger partial charge in [-0.2, -0.15) is 21.6 Å². The summed E-state index contributed by atoms with van der Waals surface area (Å²) in [5.74, 6) is -0.350. The van der Waals surface area contributed by atoms with Gasteiger partial charge in [-0.05, 0) is 30.4 Å². The Morgan fingerprint density at radius 2 is 1.84 bits per heavy atom. The summed E-state index contributed by atoms with van der Waals surface area (Å²) in [5.41, 5.74) is -5.02. The zero-order valence-electron chi connectivity index (χ0n) is 18.3. The normalized spacial score (nSPS) is 22.4. The molecular weight excluding hydrogens is 463 g/mol. The molecule has 178 valence electrons. The fourth-order valence-electron chi connectivity index (χ4n) is 4.84. The first-order valence-corrected chi connectivity index (χ1v) is 15.1. The van der Waals surface area contributed by atoms with Gasteiger partial charge in [0.25, 0.3) is 0 Å². The van der Waals surface area contributed by atoms with E-state index < -0.39 is 35.8 Å². The van der Waals surface area contributed by atoms with E-state index in [1.165, 1.54) is 17.2 Å². The van der Waals surface area contributed by atoms with Crippen LogP contribution in [0.25, 0.3) is 0 Å². The van der Waals surface area contributed by atoms with Gasteiger partial charge in [-0.1, -0.05) is 55.0 Å². The molecule has 3 rings (SSSR count). The van der Waals surface area contributed by atoms with E-state index in [4.69, 9.17) is 4.74 Å². The Kier molecular flexibility index (Phi) is 6.99. The summed E-state index contributed by atoms with van der Waals surface area (Å²) in [6.45, 7) is 4.40. The predicted octanol–water partition coefficient (Wildman–Crippen LogP) is 4.36. The molecule has 0 aromatic heterocycles. The largest absolute Gasteiger partial charge is 0.534 e. The third kappa shape index (κ3) is 4.98. The molecule has 1 aliphatic heterocycles. The standard InChI is InChI=1S/C21H28F3NO5SSi/c1-29-20(26)25-13-12-18(30-31(27,28)21(22,23)24)19-15(8-7-11-17(19)25)14-32(2,3)16-9-5-4-6-10-16/h4-6,9-10,15,17H,7-8,11-14H2,1-3H3/t15-,17+/m0/s1. The van der Waals surface area contributed by atoms with Gasteiger partial charge in [0.15, 0.2) is 0 Å². The van der Waals surface area contributed by atoms with E-state index in [1.807, 2.05) is 30.3 Å². The number of carbonyl (C=O) groups is 1. The lowest BCUT2D eigenvalue weighted by Crippen LogP contribution is -2.51. The number of alkyl halides is 3. The van der Waals surface area contributed by atoms with Gasteiger partial charge in [-0.25, -0.2) is 4.79 Å². The Bertz CT molecular complexity index is 979. The van der Waals surface area contributed by atoms with Crippen molar-refractivity contribution < 1.29 is 35.3 Å². The highest BCUT2D eigenvalue weighted by atomic mass is 32.2. The van der Waals surface area contributed by atoms with E-state index in [-0.39, 0.29) is 24.6 Å². The van der Waals surface area contributed by atoms with E-state index >= 15 is 0 Å². The number of nitrogens with zero attached hydrogens (tertiary/aromatic N) is 1. The van der Waals surface area contributed by atoms with Crippen LogP contribution in [-0.2, 0) is 19.0 Å². The maximum absolute atomic E-state index is 13.0. The van der Waals surface area contributed by atoms with E-state index in [2.05, 4.69) is 17.3 Å². The van der Waals surface area contributed by atoms with Crippen LogP contribution in [0.1, 0.15) is 25.7 Å². The van der Waals surface area contributed by atoms with Crippen molar-refractivity contribution in [1.82, 2.24) is 4.90 Å². The quantitative estimate of drug-likeness (QED) is 0.348. The maximum atomic E-state index is 13.0. The predicted molar refractivity (Wildman–Crippen MR) is 116 cm³/mol. The SMILES string of the molecule is COC(=O)N1CCC(OS(=O)(=O)C(F)(F)F)=C2[C@H](C[Si](C)(C)c3ccccc3)CCC[C@H]21. The lowest BCUT2D eigenvalue weighted by atomic mass is 9.78. The van der Waals surface area contributed by atoms with Crippen LogP contribution in [0.4, 0.5) is 18.0 Å². The van der Waals surface area contributed by atoms with Gasteiger partial charge < -0.3 is 13.8 Å². The second-order valence-corrected chi connectivity index (χ2v) is 15.2. The summed E-state index contributed by atoms with van der Waals surface area (Å²) >= 11 is 0. The summed E-state index contributed by atoms with van der Waals surface area (Å²) in [6.07, 6.45) is 1.30. The number of methoxy groups -OCH3 is 1. The second-order valence-electron chi connectivity index (χ2n) is 8.87. The molecule has 32 heavy (non-hydrogen) atoms. The van der Waals surface area contributed by atoms with Crippen molar-refractivity contribution in [2.45, 2.75) is 56.4 Å². The summed E-state index contributed by atoms with van der Waals surface area (Å²) in [5, 5.41) is 1.20. The zero-order chi connectivity index (χ0) is 23.7. The Morgan fingerprint density at radius 1 is 1.19 bits per heavy atom. The Hall–Kier alpha value is -2.01. The molecule has 1 saturated carbocycles. The molecule has 2 aliphatic rings. The average Bonchev–Trinajstić information content (AvgIpc) is 2.73. The van der Waals surface area contributed by atoms with Crippen LogP contribution in [0.15, 0.2) is 41.7 Å². The van der Waals surface area contributed by atoms with Gasteiger partial charge in [-0.15, -0.1) is 0 Å². The smallest absolute Gasteiger partial charge is 0.453 e. The highest BCUT2D eigenvalue weighted by molar-refractivity contribution is 7.87. The first-order chi connectivity index (χ1) is 14.9. The lowest BCUT2D eigenvalue weighted by Gasteiger charge is -2.44. The van der Waals surface area contributed by atoms with Crippen LogP contribution in [0.5, 0.6) is 0 Å². The van der Waals surface area contributed by atoms with Crippen LogP contribution in [0.3, 0.4) is 0 Å². The van der Waals surface area contributed by atoms with Crippen LogP contribution in [0.2, 0.25) is 19.1 Å². The number of fused-ring (bicyclic) bond motifs is 1. The van der Waals surface area contributed by atoms with Crippen molar-refractivity contribution in [3.05, 3.63) is 41.7 Å². The topological polar surface area (TPSA) is 72.9 Å². The van der Waals surface area contributed by atoms with E-state index in [0.717, 1.165) is 6.42 Å². The molecule has 1 aromatic rings. The minimum atomic E-state index is -5.79. The first kappa shape index (κ1) is 24.6. The third-order valence-electron chi connectivity index (χ3n) is 6.32. The molecule has 0 bridgehead atoms. The van der Waals surface area contributed by atoms with Gasteiger partial charge in [0.2, 0.25) is 0 Å². The van der Waals surface area contributed by atoms with Crippen LogP contribution < -0.4 is 5.19 Å². The van der Waals surface area contributed by atoms with Crippen molar-refractivity contribution in [3.8, 4) is 0 Å². The van der Waals surface area contributed by atoms with Crippen LogP contribution in [-0.4, -0.2) is 52.7 Å². The number of hydrogen-bond acceptors (Lipinski definition) is 5. The summed E-state index contributed by atoms with van der Waals surface area (Å²) in [6, 6.07) is 10.1. The third-order valence-corrected chi connectivity index (χ3v) is 10.7. The van der Waals surface area contributed by atoms with Gasteiger partial charge in [0, 0.05) is 13.0 Å².